The van der Waals surface area contributed by atoms with Gasteiger partial charge >= 0.3 is 11.9 Å². The first-order chi connectivity index (χ1) is 25.5. The molecule has 296 valence electrons. The van der Waals surface area contributed by atoms with E-state index in [-0.39, 0.29) is 38.0 Å². The summed E-state index contributed by atoms with van der Waals surface area (Å²) in [7, 11) is 0. The number of aromatic amines is 1. The predicted octanol–water partition coefficient (Wildman–Crippen LogP) is -0.190. The molecule has 1 aliphatic rings. The molecule has 7 atom stereocenters. The van der Waals surface area contributed by atoms with Gasteiger partial charge in [0.25, 0.3) is 0 Å². The molecule has 18 nitrogen and oxygen atoms in total. The summed E-state index contributed by atoms with van der Waals surface area (Å²) in [5, 5.41) is 39.0. The number of carbonyl (C=O) groups is 7. The average molecular weight is 757 g/mol. The van der Waals surface area contributed by atoms with E-state index in [1.54, 1.807) is 39.8 Å². The molecule has 18 heteroatoms. The summed E-state index contributed by atoms with van der Waals surface area (Å²) >= 11 is 0. The predicted molar refractivity (Wildman–Crippen MR) is 193 cm³/mol. The first-order valence-corrected chi connectivity index (χ1v) is 18.0. The van der Waals surface area contributed by atoms with Crippen LogP contribution < -0.4 is 27.0 Å². The second-order valence-electron chi connectivity index (χ2n) is 13.9. The lowest BCUT2D eigenvalue weighted by Crippen LogP contribution is -2.60. The normalized spacial score (nSPS) is 17.4. The van der Waals surface area contributed by atoms with E-state index in [1.165, 1.54) is 29.6 Å². The fraction of sp³-hybridized carbons (Fsp3) is 0.556. The van der Waals surface area contributed by atoms with Crippen LogP contribution >= 0.6 is 0 Å². The maximum absolute atomic E-state index is 13.9. The molecule has 3 rings (SSSR count). The molecule has 2 aromatic rings. The Kier molecular flexibility index (Phi) is 15.9. The van der Waals surface area contributed by atoms with Gasteiger partial charge in [0, 0.05) is 31.3 Å². The van der Waals surface area contributed by atoms with Crippen LogP contribution in [0.3, 0.4) is 0 Å². The second kappa shape index (κ2) is 20.1. The lowest BCUT2D eigenvalue weighted by molar-refractivity contribution is -0.146. The van der Waals surface area contributed by atoms with Crippen LogP contribution in [0.5, 0.6) is 5.75 Å². The van der Waals surface area contributed by atoms with E-state index < -0.39 is 96.0 Å². The van der Waals surface area contributed by atoms with E-state index >= 15 is 0 Å². The van der Waals surface area contributed by atoms with Gasteiger partial charge in [0.2, 0.25) is 29.5 Å². The number of phenolic OH excluding ortho intramolecular Hbond substituents is 1. The topological polar surface area (TPSA) is 286 Å². The van der Waals surface area contributed by atoms with Crippen LogP contribution in [0.2, 0.25) is 0 Å². The maximum Gasteiger partial charge on any atom is 0.326 e. The molecule has 1 aromatic heterocycles. The number of nitrogens with zero attached hydrogens (tertiary/aromatic N) is 2. The largest absolute Gasteiger partial charge is 0.508 e. The SMILES string of the molecule is CC[C@H](C)[C@H](NC(=O)[C@H](Cc1cnc[nH]1)NC(=O)[C@@H](N)Cc1ccc(O)cc1)C(=O)N[C@@H](CCC(=O)O)C(=O)N1CCC[C@H]1C(=O)N[C@H](C(=O)O)C(C)C. The molecule has 1 aliphatic heterocycles. The van der Waals surface area contributed by atoms with Gasteiger partial charge in [-0.3, -0.25) is 28.8 Å². The van der Waals surface area contributed by atoms with Crippen molar-refractivity contribution in [2.45, 2.75) is 109 Å². The van der Waals surface area contributed by atoms with Gasteiger partial charge in [-0.15, -0.1) is 0 Å². The van der Waals surface area contributed by atoms with Crippen LogP contribution in [0.1, 0.15) is 71.1 Å². The number of aromatic hydroxyl groups is 1. The molecule has 10 N–H and O–H groups in total. The number of likely N-dealkylation sites (tertiary alicyclic amines) is 1. The number of phenols is 1. The fourth-order valence-corrected chi connectivity index (χ4v) is 6.09. The van der Waals surface area contributed by atoms with Crippen molar-refractivity contribution in [2.24, 2.45) is 17.6 Å². The molecule has 0 aliphatic carbocycles. The zero-order valence-electron chi connectivity index (χ0n) is 30.9. The number of H-pyrrole nitrogens is 1. The van der Waals surface area contributed by atoms with E-state index in [0.29, 0.717) is 24.1 Å². The van der Waals surface area contributed by atoms with E-state index in [4.69, 9.17) is 5.73 Å². The molecule has 5 amide bonds. The van der Waals surface area contributed by atoms with E-state index in [2.05, 4.69) is 31.2 Å². The van der Waals surface area contributed by atoms with Crippen molar-refractivity contribution < 1.29 is 48.9 Å². The number of benzene rings is 1. The highest BCUT2D eigenvalue weighted by atomic mass is 16.4. The number of aliphatic carboxylic acids is 2. The minimum atomic E-state index is -1.40. The monoisotopic (exact) mass is 756 g/mol. The molecular formula is C36H52N8O10. The molecule has 1 fully saturated rings. The Labute approximate surface area is 313 Å². The lowest BCUT2D eigenvalue weighted by atomic mass is 9.96. The number of hydrogen-bond donors (Lipinski definition) is 9. The van der Waals surface area contributed by atoms with Crippen LogP contribution in [0, 0.1) is 11.8 Å². The molecule has 2 heterocycles. The molecule has 0 saturated carbocycles. The Morgan fingerprint density at radius 1 is 0.907 bits per heavy atom. The third kappa shape index (κ3) is 12.3. The van der Waals surface area contributed by atoms with Crippen molar-refractivity contribution in [3.05, 3.63) is 48.0 Å². The van der Waals surface area contributed by atoms with Crippen molar-refractivity contribution in [3.8, 4) is 5.75 Å². The first kappa shape index (κ1) is 42.9. The first-order valence-electron chi connectivity index (χ1n) is 18.0. The van der Waals surface area contributed by atoms with Crippen LogP contribution in [-0.4, -0.2) is 114 Å². The summed E-state index contributed by atoms with van der Waals surface area (Å²) in [6.07, 6.45) is 3.14. The van der Waals surface area contributed by atoms with Crippen LogP contribution in [0.15, 0.2) is 36.8 Å². The van der Waals surface area contributed by atoms with Gasteiger partial charge in [-0.2, -0.15) is 0 Å². The van der Waals surface area contributed by atoms with Gasteiger partial charge in [-0.25, -0.2) is 9.78 Å². The minimum absolute atomic E-state index is 0.0456. The van der Waals surface area contributed by atoms with E-state index in [0.717, 1.165) is 0 Å². The standard InChI is InChI=1S/C36H52N8O10/c1-5-20(4)30(43-32(49)26(16-22-17-38-18-39-22)41-31(48)24(37)15-21-8-10-23(45)11-9-21)34(51)40-25(12-13-28(46)47)35(52)44-14-6-7-27(44)33(50)42-29(19(2)3)36(53)54/h8-11,17-20,24-27,29-30,45H,5-7,12-16,37H2,1-4H3,(H,38,39)(H,40,51)(H,41,48)(H,42,50)(H,43,49)(H,46,47)(H,53,54)/t20-,24-,25-,26-,27-,29-,30-/m0/s1. The van der Waals surface area contributed by atoms with Crippen LogP contribution in [0.25, 0.3) is 0 Å². The summed E-state index contributed by atoms with van der Waals surface area (Å²) < 4.78 is 0. The number of nitrogens with two attached hydrogens (primary N) is 1. The van der Waals surface area contributed by atoms with Gasteiger partial charge in [0.05, 0.1) is 12.4 Å². The fourth-order valence-electron chi connectivity index (χ4n) is 6.09. The van der Waals surface area contributed by atoms with Crippen molar-refractivity contribution in [2.75, 3.05) is 6.54 Å². The lowest BCUT2D eigenvalue weighted by Gasteiger charge is -2.32. The number of carboxylic acids is 2. The Balaban J connectivity index is 1.81. The number of nitrogens with one attached hydrogen (secondary N) is 5. The van der Waals surface area contributed by atoms with Crippen molar-refractivity contribution in [1.29, 1.82) is 0 Å². The van der Waals surface area contributed by atoms with Crippen molar-refractivity contribution in [3.63, 3.8) is 0 Å². The highest BCUT2D eigenvalue weighted by molar-refractivity contribution is 5.97. The average Bonchev–Trinajstić information content (AvgIpc) is 3.83. The highest BCUT2D eigenvalue weighted by Gasteiger charge is 2.40. The number of carbonyl (C=O) groups excluding carboxylic acids is 5. The highest BCUT2D eigenvalue weighted by Crippen LogP contribution is 2.21. The van der Waals surface area contributed by atoms with Gasteiger partial charge in [0.1, 0.15) is 36.0 Å². The quantitative estimate of drug-likeness (QED) is 0.0850. The van der Waals surface area contributed by atoms with Gasteiger partial charge in [-0.1, -0.05) is 46.2 Å². The summed E-state index contributed by atoms with van der Waals surface area (Å²) in [6, 6.07) is -1.04. The maximum atomic E-state index is 13.9. The zero-order valence-corrected chi connectivity index (χ0v) is 30.9. The summed E-state index contributed by atoms with van der Waals surface area (Å²) in [5.41, 5.74) is 7.34. The third-order valence-corrected chi connectivity index (χ3v) is 9.46. The Morgan fingerprint density at radius 3 is 2.15 bits per heavy atom. The molecular weight excluding hydrogens is 704 g/mol. The van der Waals surface area contributed by atoms with Crippen molar-refractivity contribution >= 4 is 41.5 Å². The van der Waals surface area contributed by atoms with Crippen molar-refractivity contribution in [1.82, 2.24) is 36.1 Å². The summed E-state index contributed by atoms with van der Waals surface area (Å²) in [5.74, 6) is -6.94. The van der Waals surface area contributed by atoms with E-state index in [9.17, 15) is 48.9 Å². The van der Waals surface area contributed by atoms with E-state index in [1.807, 2.05) is 0 Å². The number of rotatable bonds is 20. The molecule has 0 unspecified atom stereocenters. The van der Waals surface area contributed by atoms with Gasteiger partial charge in [-0.05, 0) is 55.2 Å². The van der Waals surface area contributed by atoms with Gasteiger partial charge in [0.15, 0.2) is 0 Å². The second-order valence-corrected chi connectivity index (χ2v) is 13.9. The third-order valence-electron chi connectivity index (χ3n) is 9.46. The van der Waals surface area contributed by atoms with Crippen LogP contribution in [0.4, 0.5) is 0 Å². The minimum Gasteiger partial charge on any atom is -0.508 e. The Hall–Kier alpha value is -5.52. The summed E-state index contributed by atoms with van der Waals surface area (Å²) in [6.45, 7) is 6.85. The number of carboxylic acid groups (broad SMARTS) is 2. The molecule has 1 aromatic carbocycles. The number of amides is 5. The Morgan fingerprint density at radius 2 is 1.57 bits per heavy atom. The Bertz CT molecular complexity index is 1620. The molecule has 0 bridgehead atoms. The number of hydrogen-bond acceptors (Lipinski definition) is 10. The van der Waals surface area contributed by atoms with Gasteiger partial charge < -0.3 is 52.2 Å². The molecule has 54 heavy (non-hydrogen) atoms. The molecule has 0 spiro atoms. The zero-order chi connectivity index (χ0) is 40.1. The smallest absolute Gasteiger partial charge is 0.326 e. The summed E-state index contributed by atoms with van der Waals surface area (Å²) in [4.78, 5) is 99.5. The number of imidazole rings is 1. The molecule has 0 radical (unpaired) electrons. The van der Waals surface area contributed by atoms with Crippen LogP contribution in [-0.2, 0) is 46.4 Å². The number of aromatic nitrogens is 2. The molecule has 1 saturated heterocycles.